The highest BCUT2D eigenvalue weighted by Gasteiger charge is 2.37. The Kier molecular flexibility index (Phi) is 3.45. The molecule has 0 amide bonds. The number of halogens is 1. The lowest BCUT2D eigenvalue weighted by molar-refractivity contribution is 0.122. The van der Waals surface area contributed by atoms with Gasteiger partial charge in [-0.3, -0.25) is 0 Å². The second-order valence-electron chi connectivity index (χ2n) is 5.49. The molecule has 1 aromatic heterocycles. The molecule has 0 spiro atoms. The minimum absolute atomic E-state index is 0.236. The van der Waals surface area contributed by atoms with Gasteiger partial charge in [0, 0.05) is 19.6 Å². The Morgan fingerprint density at radius 2 is 2.00 bits per heavy atom. The molecule has 1 aromatic rings. The minimum atomic E-state index is 0.236. The second kappa shape index (κ2) is 5.09. The molecule has 1 aliphatic carbocycles. The van der Waals surface area contributed by atoms with Crippen LogP contribution < -0.4 is 10.2 Å². The van der Waals surface area contributed by atoms with Gasteiger partial charge in [-0.15, -0.1) is 0 Å². The minimum Gasteiger partial charge on any atom is -0.378 e. The summed E-state index contributed by atoms with van der Waals surface area (Å²) in [5, 5.41) is 3.50. The highest BCUT2D eigenvalue weighted by Crippen LogP contribution is 2.44. The van der Waals surface area contributed by atoms with Crippen LogP contribution in [-0.2, 0) is 4.74 Å². The molecule has 0 bridgehead atoms. The van der Waals surface area contributed by atoms with E-state index in [1.807, 2.05) is 0 Å². The summed E-state index contributed by atoms with van der Waals surface area (Å²) in [6, 6.07) is 0. The summed E-state index contributed by atoms with van der Waals surface area (Å²) in [5.74, 6) is 1.20. The van der Waals surface area contributed by atoms with Crippen molar-refractivity contribution in [3.63, 3.8) is 0 Å². The highest BCUT2D eigenvalue weighted by atomic mass is 35.5. The first-order valence-electron chi connectivity index (χ1n) is 6.63. The molecule has 7 heteroatoms. The Balaban J connectivity index is 1.71. The number of nitrogens with zero attached hydrogens (tertiary/aromatic N) is 4. The van der Waals surface area contributed by atoms with Crippen molar-refractivity contribution in [2.24, 2.45) is 5.41 Å². The zero-order valence-electron chi connectivity index (χ0n) is 11.0. The monoisotopic (exact) mass is 283 g/mol. The maximum Gasteiger partial charge on any atom is 0.231 e. The molecule has 6 nitrogen and oxygen atoms in total. The summed E-state index contributed by atoms with van der Waals surface area (Å²) in [4.78, 5) is 14.8. The first-order chi connectivity index (χ1) is 9.15. The van der Waals surface area contributed by atoms with Gasteiger partial charge in [0.05, 0.1) is 13.2 Å². The van der Waals surface area contributed by atoms with Crippen molar-refractivity contribution in [3.8, 4) is 0 Å². The molecule has 1 aliphatic heterocycles. The molecule has 1 saturated heterocycles. The van der Waals surface area contributed by atoms with E-state index in [0.29, 0.717) is 30.5 Å². The Morgan fingerprint density at radius 3 is 2.68 bits per heavy atom. The van der Waals surface area contributed by atoms with E-state index in [1.54, 1.807) is 0 Å². The molecule has 1 N–H and O–H groups in total. The number of ether oxygens (including phenoxy) is 1. The zero-order chi connectivity index (χ0) is 13.3. The quantitative estimate of drug-likeness (QED) is 0.905. The lowest BCUT2D eigenvalue weighted by Crippen LogP contribution is -2.37. The van der Waals surface area contributed by atoms with E-state index in [1.165, 1.54) is 12.8 Å². The van der Waals surface area contributed by atoms with Gasteiger partial charge in [-0.2, -0.15) is 15.0 Å². The van der Waals surface area contributed by atoms with Crippen molar-refractivity contribution in [3.05, 3.63) is 5.28 Å². The summed E-state index contributed by atoms with van der Waals surface area (Å²) in [6.07, 6.45) is 2.52. The van der Waals surface area contributed by atoms with Gasteiger partial charge in [-0.25, -0.2) is 0 Å². The summed E-state index contributed by atoms with van der Waals surface area (Å²) < 4.78 is 5.32. The summed E-state index contributed by atoms with van der Waals surface area (Å²) in [6.45, 7) is 6.12. The smallest absolute Gasteiger partial charge is 0.231 e. The van der Waals surface area contributed by atoms with Gasteiger partial charge < -0.3 is 15.0 Å². The predicted octanol–water partition coefficient (Wildman–Crippen LogP) is 1.57. The zero-order valence-corrected chi connectivity index (χ0v) is 11.8. The molecule has 2 aliphatic rings. The topological polar surface area (TPSA) is 63.2 Å². The summed E-state index contributed by atoms with van der Waals surface area (Å²) >= 11 is 5.97. The van der Waals surface area contributed by atoms with Crippen LogP contribution in [0.4, 0.5) is 11.9 Å². The van der Waals surface area contributed by atoms with Gasteiger partial charge in [0.15, 0.2) is 0 Å². The molecular weight excluding hydrogens is 266 g/mol. The Bertz CT molecular complexity index is 459. The van der Waals surface area contributed by atoms with Crippen molar-refractivity contribution >= 4 is 23.5 Å². The average Bonchev–Trinajstić information content (AvgIpc) is 3.16. The van der Waals surface area contributed by atoms with Crippen molar-refractivity contribution in [1.29, 1.82) is 0 Å². The third-order valence-electron chi connectivity index (χ3n) is 3.67. The number of hydrogen-bond donors (Lipinski definition) is 1. The van der Waals surface area contributed by atoms with E-state index in [2.05, 4.69) is 32.1 Å². The Labute approximate surface area is 117 Å². The molecule has 0 atom stereocenters. The molecule has 0 unspecified atom stereocenters. The van der Waals surface area contributed by atoms with Crippen LogP contribution in [0.5, 0.6) is 0 Å². The van der Waals surface area contributed by atoms with E-state index in [-0.39, 0.29) is 5.28 Å². The molecule has 1 saturated carbocycles. The van der Waals surface area contributed by atoms with Crippen molar-refractivity contribution in [2.45, 2.75) is 19.8 Å². The lowest BCUT2D eigenvalue weighted by atomic mass is 10.1. The van der Waals surface area contributed by atoms with Crippen LogP contribution in [0.25, 0.3) is 0 Å². The highest BCUT2D eigenvalue weighted by molar-refractivity contribution is 6.28. The fourth-order valence-corrected chi connectivity index (χ4v) is 2.16. The average molecular weight is 284 g/mol. The summed E-state index contributed by atoms with van der Waals surface area (Å²) in [7, 11) is 0. The van der Waals surface area contributed by atoms with Gasteiger partial charge in [-0.1, -0.05) is 6.92 Å². The largest absolute Gasteiger partial charge is 0.378 e. The Hall–Kier alpha value is -1.14. The van der Waals surface area contributed by atoms with Crippen molar-refractivity contribution < 1.29 is 4.74 Å². The van der Waals surface area contributed by atoms with Crippen LogP contribution in [0.15, 0.2) is 0 Å². The van der Waals surface area contributed by atoms with Crippen molar-refractivity contribution in [1.82, 2.24) is 15.0 Å². The summed E-state index contributed by atoms with van der Waals surface area (Å²) in [5.41, 5.74) is 0.401. The van der Waals surface area contributed by atoms with Gasteiger partial charge in [-0.05, 0) is 29.9 Å². The first-order valence-corrected chi connectivity index (χ1v) is 7.01. The van der Waals surface area contributed by atoms with E-state index < -0.39 is 0 Å². The van der Waals surface area contributed by atoms with E-state index in [0.717, 1.165) is 19.6 Å². The van der Waals surface area contributed by atoms with Crippen LogP contribution in [0.3, 0.4) is 0 Å². The molecule has 3 rings (SSSR count). The maximum atomic E-state index is 5.97. The van der Waals surface area contributed by atoms with Gasteiger partial charge in [0.25, 0.3) is 0 Å². The molecule has 19 heavy (non-hydrogen) atoms. The maximum absolute atomic E-state index is 5.97. The molecule has 2 heterocycles. The van der Waals surface area contributed by atoms with Crippen LogP contribution in [0.2, 0.25) is 5.28 Å². The number of morpholine rings is 1. The third kappa shape index (κ3) is 3.25. The first kappa shape index (κ1) is 12.9. The normalized spacial score (nSPS) is 21.3. The van der Waals surface area contributed by atoms with Crippen LogP contribution in [0, 0.1) is 5.41 Å². The molecule has 104 valence electrons. The number of hydrogen-bond acceptors (Lipinski definition) is 6. The third-order valence-corrected chi connectivity index (χ3v) is 3.84. The number of nitrogens with one attached hydrogen (secondary N) is 1. The van der Waals surface area contributed by atoms with E-state index >= 15 is 0 Å². The predicted molar refractivity (Wildman–Crippen MR) is 73.7 cm³/mol. The van der Waals surface area contributed by atoms with Crippen LogP contribution in [-0.4, -0.2) is 47.8 Å². The van der Waals surface area contributed by atoms with E-state index in [4.69, 9.17) is 16.3 Å². The molecular formula is C12H18ClN5O. The SMILES string of the molecule is CC1(CNc2nc(Cl)nc(N3CCOCC3)n2)CC1. The fraction of sp³-hybridized carbons (Fsp3) is 0.750. The second-order valence-corrected chi connectivity index (χ2v) is 5.83. The van der Waals surface area contributed by atoms with Crippen LogP contribution >= 0.6 is 11.6 Å². The van der Waals surface area contributed by atoms with Crippen LogP contribution in [0.1, 0.15) is 19.8 Å². The van der Waals surface area contributed by atoms with E-state index in [9.17, 15) is 0 Å². The number of aromatic nitrogens is 3. The fourth-order valence-electron chi connectivity index (χ4n) is 2.01. The van der Waals surface area contributed by atoms with Crippen molar-refractivity contribution in [2.75, 3.05) is 43.1 Å². The standard InChI is InChI=1S/C12H18ClN5O/c1-12(2-3-12)8-14-10-15-9(13)16-11(17-10)18-4-6-19-7-5-18/h2-8H2,1H3,(H,14,15,16,17). The number of rotatable bonds is 4. The number of anilines is 2. The Morgan fingerprint density at radius 1 is 1.26 bits per heavy atom. The molecule has 0 radical (unpaired) electrons. The van der Waals surface area contributed by atoms with Gasteiger partial charge in [0.2, 0.25) is 17.2 Å². The lowest BCUT2D eigenvalue weighted by Gasteiger charge is -2.26. The van der Waals surface area contributed by atoms with Gasteiger partial charge >= 0.3 is 0 Å². The molecule has 2 fully saturated rings. The molecule has 0 aromatic carbocycles. The van der Waals surface area contributed by atoms with Gasteiger partial charge in [0.1, 0.15) is 0 Å².